The predicted molar refractivity (Wildman–Crippen MR) is 46.6 cm³/mol. The summed E-state index contributed by atoms with van der Waals surface area (Å²) < 4.78 is 0. The van der Waals surface area contributed by atoms with Gasteiger partial charge in [-0.05, 0) is 42.4 Å². The van der Waals surface area contributed by atoms with Gasteiger partial charge in [0.1, 0.15) is 0 Å². The highest BCUT2D eigenvalue weighted by atomic mass is 14.3. The second-order valence-electron chi connectivity index (χ2n) is 3.25. The Morgan fingerprint density at radius 2 is 2.36 bits per heavy atom. The number of benzene rings is 1. The first-order valence-corrected chi connectivity index (χ1v) is 4.40. The molecule has 0 heteroatoms. The van der Waals surface area contributed by atoms with Crippen molar-refractivity contribution >= 4 is 0 Å². The highest BCUT2D eigenvalue weighted by molar-refractivity contribution is 5.32. The van der Waals surface area contributed by atoms with E-state index >= 15 is 0 Å². The van der Waals surface area contributed by atoms with Gasteiger partial charge in [0.2, 0.25) is 0 Å². The molecule has 0 N–H and O–H groups in total. The van der Waals surface area contributed by atoms with Crippen LogP contribution in [0.3, 0.4) is 0 Å². The minimum Gasteiger partial charge on any atom is -0.0613 e. The van der Waals surface area contributed by atoms with Crippen LogP contribution in [0.25, 0.3) is 0 Å². The van der Waals surface area contributed by atoms with Crippen molar-refractivity contribution < 1.29 is 0 Å². The van der Waals surface area contributed by atoms with Crippen molar-refractivity contribution in [1.29, 1.82) is 0 Å². The molecule has 0 spiro atoms. The van der Waals surface area contributed by atoms with Gasteiger partial charge in [0.25, 0.3) is 0 Å². The molecule has 0 amide bonds. The molecule has 57 valence electrons. The maximum atomic E-state index is 3.13. The van der Waals surface area contributed by atoms with Gasteiger partial charge in [-0.15, -0.1) is 0 Å². The van der Waals surface area contributed by atoms with E-state index < -0.39 is 0 Å². The zero-order valence-corrected chi connectivity index (χ0v) is 6.93. The molecule has 1 aliphatic carbocycles. The molecule has 0 atom stereocenters. The van der Waals surface area contributed by atoms with Crippen LogP contribution in [-0.2, 0) is 6.42 Å². The van der Waals surface area contributed by atoms with Crippen molar-refractivity contribution in [3.63, 3.8) is 0 Å². The highest BCUT2D eigenvalue weighted by Gasteiger charge is 2.24. The average molecular weight is 145 g/mol. The van der Waals surface area contributed by atoms with E-state index in [1.807, 2.05) is 6.07 Å². The molecule has 11 heavy (non-hydrogen) atoms. The third kappa shape index (κ3) is 1.30. The Morgan fingerprint density at radius 3 is 3.00 bits per heavy atom. The summed E-state index contributed by atoms with van der Waals surface area (Å²) in [7, 11) is 0. The van der Waals surface area contributed by atoms with Gasteiger partial charge in [-0.2, -0.15) is 0 Å². The Bertz CT molecular complexity index is 246. The predicted octanol–water partition coefficient (Wildman–Crippen LogP) is 2.93. The molecule has 1 aromatic carbocycles. The average Bonchev–Trinajstić information content (AvgIpc) is 2.87. The van der Waals surface area contributed by atoms with Crippen molar-refractivity contribution in [3.05, 3.63) is 35.4 Å². The van der Waals surface area contributed by atoms with Gasteiger partial charge in [-0.3, -0.25) is 0 Å². The van der Waals surface area contributed by atoms with Crippen molar-refractivity contribution in [2.45, 2.75) is 32.1 Å². The molecular weight excluding hydrogens is 132 g/mol. The Morgan fingerprint density at radius 1 is 1.55 bits per heavy atom. The molecule has 0 heterocycles. The summed E-state index contributed by atoms with van der Waals surface area (Å²) in [5.41, 5.74) is 3.07. The van der Waals surface area contributed by atoms with Gasteiger partial charge in [-0.1, -0.05) is 25.1 Å². The van der Waals surface area contributed by atoms with Gasteiger partial charge in [0.15, 0.2) is 0 Å². The molecule has 0 aromatic heterocycles. The molecule has 0 unspecified atom stereocenters. The molecule has 0 bridgehead atoms. The zero-order chi connectivity index (χ0) is 7.68. The summed E-state index contributed by atoms with van der Waals surface area (Å²) in [5.74, 6) is 0.888. The van der Waals surface area contributed by atoms with E-state index in [0.717, 1.165) is 12.3 Å². The Balaban J connectivity index is 2.34. The van der Waals surface area contributed by atoms with Crippen molar-refractivity contribution in [1.82, 2.24) is 0 Å². The van der Waals surface area contributed by atoms with Crippen LogP contribution in [0.2, 0.25) is 0 Å². The first kappa shape index (κ1) is 6.90. The summed E-state index contributed by atoms with van der Waals surface area (Å²) in [6.07, 6.45) is 3.96. The molecule has 0 nitrogen and oxygen atoms in total. The molecule has 1 radical (unpaired) electrons. The number of aryl methyl sites for hydroxylation is 1. The van der Waals surface area contributed by atoms with Crippen molar-refractivity contribution in [2.24, 2.45) is 0 Å². The lowest BCUT2D eigenvalue weighted by molar-refractivity contribution is 1.03. The molecule has 1 aromatic rings. The Hall–Kier alpha value is -0.780. The summed E-state index contributed by atoms with van der Waals surface area (Å²) in [4.78, 5) is 0. The monoisotopic (exact) mass is 145 g/mol. The van der Waals surface area contributed by atoms with E-state index in [1.165, 1.54) is 18.4 Å². The van der Waals surface area contributed by atoms with Gasteiger partial charge in [0.05, 0.1) is 0 Å². The van der Waals surface area contributed by atoms with E-state index in [2.05, 4.69) is 25.1 Å². The third-order valence-electron chi connectivity index (χ3n) is 2.39. The van der Waals surface area contributed by atoms with Crippen LogP contribution in [0.15, 0.2) is 18.2 Å². The van der Waals surface area contributed by atoms with E-state index in [1.54, 1.807) is 5.56 Å². The largest absolute Gasteiger partial charge is 0.0613 e. The SMILES string of the molecule is CCc1c[c]ccc1C1CC1. The lowest BCUT2D eigenvalue weighted by atomic mass is 10.0. The second-order valence-corrected chi connectivity index (χ2v) is 3.25. The zero-order valence-electron chi connectivity index (χ0n) is 6.93. The summed E-state index contributed by atoms with van der Waals surface area (Å²) in [6, 6.07) is 9.53. The van der Waals surface area contributed by atoms with E-state index in [9.17, 15) is 0 Å². The van der Waals surface area contributed by atoms with Crippen LogP contribution in [-0.4, -0.2) is 0 Å². The summed E-state index contributed by atoms with van der Waals surface area (Å²) in [6.45, 7) is 2.22. The van der Waals surface area contributed by atoms with E-state index in [4.69, 9.17) is 0 Å². The van der Waals surface area contributed by atoms with Crippen LogP contribution >= 0.6 is 0 Å². The highest BCUT2D eigenvalue weighted by Crippen LogP contribution is 2.41. The molecular formula is C11H13. The van der Waals surface area contributed by atoms with Crippen molar-refractivity contribution in [3.8, 4) is 0 Å². The fourth-order valence-electron chi connectivity index (χ4n) is 1.58. The van der Waals surface area contributed by atoms with Crippen LogP contribution in [0, 0.1) is 6.07 Å². The molecule has 1 fully saturated rings. The molecule has 0 saturated heterocycles. The van der Waals surface area contributed by atoms with Crippen LogP contribution < -0.4 is 0 Å². The fraction of sp³-hybridized carbons (Fsp3) is 0.455. The minimum atomic E-state index is 0.888. The molecule has 1 saturated carbocycles. The summed E-state index contributed by atoms with van der Waals surface area (Å²) >= 11 is 0. The lowest BCUT2D eigenvalue weighted by Crippen LogP contribution is -1.88. The number of rotatable bonds is 2. The maximum absolute atomic E-state index is 3.13. The molecule has 0 aliphatic heterocycles. The first-order valence-electron chi connectivity index (χ1n) is 4.40. The fourth-order valence-corrected chi connectivity index (χ4v) is 1.58. The number of hydrogen-bond donors (Lipinski definition) is 0. The van der Waals surface area contributed by atoms with E-state index in [0.29, 0.717) is 0 Å². The van der Waals surface area contributed by atoms with Gasteiger partial charge in [0, 0.05) is 0 Å². The standard InChI is InChI=1S/C11H13/c1-2-9-5-3-4-6-11(9)10-7-8-10/h4-6,10H,2,7-8H2,1H3. The first-order chi connectivity index (χ1) is 5.42. The third-order valence-corrected chi connectivity index (χ3v) is 2.39. The van der Waals surface area contributed by atoms with Crippen molar-refractivity contribution in [2.75, 3.05) is 0 Å². The topological polar surface area (TPSA) is 0 Å². The van der Waals surface area contributed by atoms with Gasteiger partial charge >= 0.3 is 0 Å². The Kier molecular flexibility index (Phi) is 1.69. The lowest BCUT2D eigenvalue weighted by Gasteiger charge is -2.03. The number of hydrogen-bond acceptors (Lipinski definition) is 0. The summed E-state index contributed by atoms with van der Waals surface area (Å²) in [5, 5.41) is 0. The molecule has 2 rings (SSSR count). The van der Waals surface area contributed by atoms with Gasteiger partial charge in [-0.25, -0.2) is 0 Å². The quantitative estimate of drug-likeness (QED) is 0.600. The van der Waals surface area contributed by atoms with E-state index in [-0.39, 0.29) is 0 Å². The molecule has 1 aliphatic rings. The maximum Gasteiger partial charge on any atom is -0.0159 e. The normalized spacial score (nSPS) is 16.8. The van der Waals surface area contributed by atoms with Crippen LogP contribution in [0.1, 0.15) is 36.8 Å². The smallest absolute Gasteiger partial charge is 0.0159 e. The van der Waals surface area contributed by atoms with Gasteiger partial charge < -0.3 is 0 Å². The second kappa shape index (κ2) is 2.69. The minimum absolute atomic E-state index is 0.888. The van der Waals surface area contributed by atoms with Crippen LogP contribution in [0.4, 0.5) is 0 Å². The Labute approximate surface area is 68.3 Å². The van der Waals surface area contributed by atoms with Crippen LogP contribution in [0.5, 0.6) is 0 Å².